The topological polar surface area (TPSA) is 3.24 Å². The Labute approximate surface area is 83.5 Å². The minimum Gasteiger partial charge on any atom is -0.301 e. The van der Waals surface area contributed by atoms with E-state index in [4.69, 9.17) is 0 Å². The maximum Gasteiger partial charge on any atom is 0.0206 e. The van der Waals surface area contributed by atoms with Gasteiger partial charge in [-0.2, -0.15) is 0 Å². The van der Waals surface area contributed by atoms with Crippen LogP contribution in [-0.4, -0.2) is 24.0 Å². The predicted molar refractivity (Wildman–Crippen MR) is 58.9 cm³/mol. The molecule has 0 radical (unpaired) electrons. The third kappa shape index (κ3) is 1.32. The van der Waals surface area contributed by atoms with Crippen LogP contribution in [0.15, 0.2) is 0 Å². The summed E-state index contributed by atoms with van der Waals surface area (Å²) in [6.07, 6.45) is 1.31. The van der Waals surface area contributed by atoms with Crippen LogP contribution < -0.4 is 0 Å². The Hall–Kier alpha value is -0.0400. The molecule has 78 valence electrons. The molecule has 0 aromatic rings. The molecule has 1 saturated heterocycles. The van der Waals surface area contributed by atoms with E-state index in [2.05, 4.69) is 53.5 Å². The summed E-state index contributed by atoms with van der Waals surface area (Å²) in [7, 11) is 2.25. The van der Waals surface area contributed by atoms with Crippen molar-refractivity contribution in [3.63, 3.8) is 0 Å². The summed E-state index contributed by atoms with van der Waals surface area (Å²) < 4.78 is 0. The second-order valence-electron chi connectivity index (χ2n) is 6.24. The summed E-state index contributed by atoms with van der Waals surface area (Å²) >= 11 is 0. The normalized spacial score (nSPS) is 31.6. The molecule has 0 N–H and O–H groups in total. The minimum absolute atomic E-state index is 0.300. The molecule has 0 spiro atoms. The SMILES string of the molecule is CN1CCC(C)(C)C(C)(C)C1(C)C. The quantitative estimate of drug-likeness (QED) is 0.557. The molecule has 0 amide bonds. The van der Waals surface area contributed by atoms with E-state index in [9.17, 15) is 0 Å². The van der Waals surface area contributed by atoms with Crippen molar-refractivity contribution in [2.24, 2.45) is 10.8 Å². The van der Waals surface area contributed by atoms with Gasteiger partial charge in [0, 0.05) is 5.54 Å². The van der Waals surface area contributed by atoms with Crippen molar-refractivity contribution in [2.75, 3.05) is 13.6 Å². The monoisotopic (exact) mass is 183 g/mol. The molecule has 1 heterocycles. The smallest absolute Gasteiger partial charge is 0.0206 e. The maximum absolute atomic E-state index is 2.50. The van der Waals surface area contributed by atoms with Crippen molar-refractivity contribution >= 4 is 0 Å². The highest BCUT2D eigenvalue weighted by molar-refractivity contribution is 5.05. The van der Waals surface area contributed by atoms with Crippen LogP contribution >= 0.6 is 0 Å². The summed E-state index contributed by atoms with van der Waals surface area (Å²) in [5.74, 6) is 0. The highest BCUT2D eigenvalue weighted by Gasteiger charge is 2.52. The number of likely N-dealkylation sites (tertiary alicyclic amines) is 1. The maximum atomic E-state index is 2.50. The molecule has 0 bridgehead atoms. The molecular formula is C12H25N. The Morgan fingerprint density at radius 2 is 1.38 bits per heavy atom. The average Bonchev–Trinajstić information content (AvgIpc) is 1.97. The Morgan fingerprint density at radius 3 is 1.77 bits per heavy atom. The van der Waals surface area contributed by atoms with Gasteiger partial charge in [0.05, 0.1) is 0 Å². The van der Waals surface area contributed by atoms with Gasteiger partial charge in [-0.25, -0.2) is 0 Å². The minimum atomic E-state index is 0.300. The lowest BCUT2D eigenvalue weighted by molar-refractivity contribution is -0.101. The molecule has 0 unspecified atom stereocenters. The third-order valence-corrected chi connectivity index (χ3v) is 5.25. The van der Waals surface area contributed by atoms with Gasteiger partial charge in [-0.15, -0.1) is 0 Å². The zero-order valence-electron chi connectivity index (χ0n) is 10.4. The molecule has 0 atom stereocenters. The number of nitrogens with zero attached hydrogens (tertiary/aromatic N) is 1. The van der Waals surface area contributed by atoms with Crippen molar-refractivity contribution < 1.29 is 0 Å². The molecule has 1 aliphatic rings. The Bertz CT molecular complexity index is 201. The summed E-state index contributed by atoms with van der Waals surface area (Å²) in [6.45, 7) is 15.6. The zero-order chi connectivity index (χ0) is 10.5. The van der Waals surface area contributed by atoms with Gasteiger partial charge in [-0.1, -0.05) is 27.7 Å². The summed E-state index contributed by atoms with van der Waals surface area (Å²) in [4.78, 5) is 2.50. The number of hydrogen-bond donors (Lipinski definition) is 0. The van der Waals surface area contributed by atoms with E-state index in [1.807, 2.05) is 0 Å². The summed E-state index contributed by atoms with van der Waals surface area (Å²) in [5.41, 5.74) is 1.12. The van der Waals surface area contributed by atoms with E-state index in [0.717, 1.165) is 0 Å². The van der Waals surface area contributed by atoms with Crippen LogP contribution in [0.4, 0.5) is 0 Å². The lowest BCUT2D eigenvalue weighted by atomic mass is 9.54. The van der Waals surface area contributed by atoms with E-state index >= 15 is 0 Å². The lowest BCUT2D eigenvalue weighted by Crippen LogP contribution is -2.62. The summed E-state index contributed by atoms with van der Waals surface area (Å²) in [6, 6.07) is 0. The van der Waals surface area contributed by atoms with Crippen molar-refractivity contribution in [3.8, 4) is 0 Å². The number of rotatable bonds is 0. The van der Waals surface area contributed by atoms with E-state index in [0.29, 0.717) is 16.4 Å². The van der Waals surface area contributed by atoms with Gasteiger partial charge in [-0.05, 0) is 44.7 Å². The summed E-state index contributed by atoms with van der Waals surface area (Å²) in [5, 5.41) is 0. The number of piperidine rings is 1. The highest BCUT2D eigenvalue weighted by atomic mass is 15.2. The molecule has 0 saturated carbocycles. The Kier molecular flexibility index (Phi) is 2.31. The largest absolute Gasteiger partial charge is 0.301 e. The molecular weight excluding hydrogens is 158 g/mol. The van der Waals surface area contributed by atoms with Crippen LogP contribution in [0.5, 0.6) is 0 Å². The molecule has 13 heavy (non-hydrogen) atoms. The molecule has 1 aliphatic heterocycles. The number of hydrogen-bond acceptors (Lipinski definition) is 1. The van der Waals surface area contributed by atoms with Crippen LogP contribution in [0.25, 0.3) is 0 Å². The van der Waals surface area contributed by atoms with E-state index in [1.165, 1.54) is 13.0 Å². The first-order chi connectivity index (χ1) is 5.63. The lowest BCUT2D eigenvalue weighted by Gasteiger charge is -2.60. The Morgan fingerprint density at radius 1 is 0.923 bits per heavy atom. The fourth-order valence-electron chi connectivity index (χ4n) is 2.34. The average molecular weight is 183 g/mol. The van der Waals surface area contributed by atoms with Crippen molar-refractivity contribution in [1.82, 2.24) is 4.90 Å². The van der Waals surface area contributed by atoms with Gasteiger partial charge in [0.15, 0.2) is 0 Å². The molecule has 0 aromatic carbocycles. The van der Waals surface area contributed by atoms with Crippen molar-refractivity contribution in [2.45, 2.75) is 53.5 Å². The third-order valence-electron chi connectivity index (χ3n) is 5.25. The van der Waals surface area contributed by atoms with Crippen molar-refractivity contribution in [3.05, 3.63) is 0 Å². The van der Waals surface area contributed by atoms with E-state index in [-0.39, 0.29) is 0 Å². The first kappa shape index (κ1) is 11.0. The van der Waals surface area contributed by atoms with Gasteiger partial charge in [0.25, 0.3) is 0 Å². The van der Waals surface area contributed by atoms with Crippen LogP contribution in [0.3, 0.4) is 0 Å². The molecule has 0 aliphatic carbocycles. The van der Waals surface area contributed by atoms with Crippen LogP contribution in [0, 0.1) is 10.8 Å². The zero-order valence-corrected chi connectivity index (χ0v) is 10.4. The van der Waals surface area contributed by atoms with E-state index in [1.54, 1.807) is 0 Å². The Balaban J connectivity index is 3.07. The van der Waals surface area contributed by atoms with Crippen molar-refractivity contribution in [1.29, 1.82) is 0 Å². The van der Waals surface area contributed by atoms with Gasteiger partial charge in [0.1, 0.15) is 0 Å². The second-order valence-corrected chi connectivity index (χ2v) is 6.24. The first-order valence-corrected chi connectivity index (χ1v) is 5.34. The fraction of sp³-hybridized carbons (Fsp3) is 1.00. The van der Waals surface area contributed by atoms with E-state index < -0.39 is 0 Å². The fourth-order valence-corrected chi connectivity index (χ4v) is 2.34. The first-order valence-electron chi connectivity index (χ1n) is 5.34. The molecule has 1 nitrogen and oxygen atoms in total. The predicted octanol–water partition coefficient (Wildman–Crippen LogP) is 3.15. The molecule has 1 rings (SSSR count). The van der Waals surface area contributed by atoms with Crippen LogP contribution in [-0.2, 0) is 0 Å². The second kappa shape index (κ2) is 2.73. The standard InChI is InChI=1S/C12H25N/c1-10(2)8-9-13(7)12(5,6)11(10,3)4/h8-9H2,1-7H3. The van der Waals surface area contributed by atoms with Gasteiger partial charge < -0.3 is 4.90 Å². The molecule has 1 heteroatoms. The molecule has 0 aromatic heterocycles. The van der Waals surface area contributed by atoms with Gasteiger partial charge in [-0.3, -0.25) is 0 Å². The van der Waals surface area contributed by atoms with Gasteiger partial charge >= 0.3 is 0 Å². The molecule has 1 fully saturated rings. The van der Waals surface area contributed by atoms with Gasteiger partial charge in [0.2, 0.25) is 0 Å². The van der Waals surface area contributed by atoms with Crippen LogP contribution in [0.2, 0.25) is 0 Å². The van der Waals surface area contributed by atoms with Crippen LogP contribution in [0.1, 0.15) is 48.0 Å². The highest BCUT2D eigenvalue weighted by Crippen LogP contribution is 2.53.